The van der Waals surface area contributed by atoms with Gasteiger partial charge in [0.15, 0.2) is 0 Å². The third-order valence-corrected chi connectivity index (χ3v) is 18.6. The van der Waals surface area contributed by atoms with Crippen molar-refractivity contribution in [1.82, 2.24) is 0 Å². The van der Waals surface area contributed by atoms with E-state index in [-0.39, 0.29) is 22.2 Å². The summed E-state index contributed by atoms with van der Waals surface area (Å²) in [5, 5.41) is 6.65. The van der Waals surface area contributed by atoms with E-state index >= 15 is 0 Å². The van der Waals surface area contributed by atoms with E-state index < -0.39 is 0 Å². The number of thiophene rings is 1. The summed E-state index contributed by atoms with van der Waals surface area (Å²) < 4.78 is 2.49. The Labute approximate surface area is 428 Å². The highest BCUT2D eigenvalue weighted by atomic mass is 32.1. The number of anilines is 5. The second-order valence-corrected chi connectivity index (χ2v) is 23.6. The normalized spacial score (nSPS) is 20.6. The van der Waals surface area contributed by atoms with E-state index in [1.807, 2.05) is 11.3 Å². The average Bonchev–Trinajstić information content (AvgIpc) is 3.77. The van der Waals surface area contributed by atoms with E-state index in [2.05, 4.69) is 210 Å². The van der Waals surface area contributed by atoms with E-state index in [1.165, 1.54) is 101 Å². The number of allylic oxidation sites excluding steroid dienone is 10. The number of nitrogens with zero attached hydrogens (tertiary/aromatic N) is 1. The van der Waals surface area contributed by atoms with E-state index in [4.69, 9.17) is 7.85 Å². The maximum Gasteiger partial charge on any atom is 0.117 e. The predicted octanol–water partition coefficient (Wildman–Crippen LogP) is 18.2. The van der Waals surface area contributed by atoms with Gasteiger partial charge in [-0.25, -0.2) is 0 Å². The van der Waals surface area contributed by atoms with E-state index in [0.29, 0.717) is 5.92 Å². The molecule has 71 heavy (non-hydrogen) atoms. The molecule has 4 aliphatic carbocycles. The molecule has 0 bridgehead atoms. The van der Waals surface area contributed by atoms with Crippen molar-refractivity contribution in [2.45, 2.75) is 122 Å². The summed E-state index contributed by atoms with van der Waals surface area (Å²) in [5.74, 6) is 0.628. The molecule has 4 heteroatoms. The van der Waals surface area contributed by atoms with E-state index in [1.54, 1.807) is 0 Å². The molecule has 2 heterocycles. The first-order valence-electron chi connectivity index (χ1n) is 26.7. The van der Waals surface area contributed by atoms with Crippen LogP contribution in [0.4, 0.5) is 28.4 Å². The summed E-state index contributed by atoms with van der Waals surface area (Å²) in [5.41, 5.74) is 19.9. The fourth-order valence-corrected chi connectivity index (χ4v) is 15.0. The molecule has 6 aromatic carbocycles. The maximum absolute atomic E-state index is 8.25. The molecule has 2 nitrogen and oxygen atoms in total. The van der Waals surface area contributed by atoms with Crippen LogP contribution in [0.3, 0.4) is 0 Å². The molecule has 1 aliphatic heterocycles. The number of para-hydroxylation sites is 2. The van der Waals surface area contributed by atoms with Crippen LogP contribution >= 0.6 is 11.3 Å². The molecular formula is C67H67BN2S. The molecule has 5 aliphatic rings. The van der Waals surface area contributed by atoms with Crippen molar-refractivity contribution in [3.05, 3.63) is 197 Å². The Morgan fingerprint density at radius 1 is 0.704 bits per heavy atom. The fourth-order valence-electron chi connectivity index (χ4n) is 13.7. The third-order valence-electron chi connectivity index (χ3n) is 17.4. The van der Waals surface area contributed by atoms with Crippen molar-refractivity contribution in [2.24, 2.45) is 11.8 Å². The predicted molar refractivity (Wildman–Crippen MR) is 308 cm³/mol. The fraction of sp³-hybridized carbons (Fsp3) is 0.313. The molecule has 0 saturated heterocycles. The number of nitrogens with one attached hydrogen (secondary N) is 1. The van der Waals surface area contributed by atoms with Crippen LogP contribution in [0.2, 0.25) is 0 Å². The standard InChI is InChI=1S/C67H67BN2S/c1-7-22-44-35-38-56(69-47-36-37-52-55(41-47)66(5,6)40-39-65(52,3)4)61(60(44)48-28-15-14-23-43(48)2)51-42-50-49-29-16-21-34-59(49)71-64(50)63(62(51)68)70-57-32-19-17-30-53(57)67(45-24-10-8-11-25-45,46-26-12-9-13-27-46)54-31-18-20-33-58(54)70/h8,10-12,15-21,24,26,28-38,41-42,45-46,69H,7,9,13-14,22-23,25,27,39-40H2,1-6H3. The van der Waals surface area contributed by atoms with Crippen molar-refractivity contribution in [3.8, 4) is 11.1 Å². The molecule has 7 aromatic rings. The van der Waals surface area contributed by atoms with Crippen molar-refractivity contribution in [3.63, 3.8) is 0 Å². The Bertz CT molecular complexity index is 3370. The summed E-state index contributed by atoms with van der Waals surface area (Å²) in [7, 11) is 8.25. The molecule has 1 aromatic heterocycles. The third kappa shape index (κ3) is 7.40. The van der Waals surface area contributed by atoms with Crippen LogP contribution in [0.1, 0.15) is 133 Å². The molecule has 12 rings (SSSR count). The van der Waals surface area contributed by atoms with Crippen LogP contribution in [0.15, 0.2) is 163 Å². The Hall–Kier alpha value is -6.10. The zero-order valence-corrected chi connectivity index (χ0v) is 43.5. The van der Waals surface area contributed by atoms with Crippen LogP contribution < -0.4 is 15.7 Å². The lowest BCUT2D eigenvalue weighted by molar-refractivity contribution is 0.266. The van der Waals surface area contributed by atoms with Crippen LogP contribution in [0.25, 0.3) is 36.9 Å². The molecule has 354 valence electrons. The number of rotatable bonds is 9. The molecule has 0 saturated carbocycles. The smallest absolute Gasteiger partial charge is 0.117 e. The van der Waals surface area contributed by atoms with Crippen LogP contribution in [0, 0.1) is 11.8 Å². The van der Waals surface area contributed by atoms with Crippen molar-refractivity contribution < 1.29 is 0 Å². The summed E-state index contributed by atoms with van der Waals surface area (Å²) >= 11 is 1.88. The Balaban J connectivity index is 1.17. The second kappa shape index (κ2) is 17.9. The summed E-state index contributed by atoms with van der Waals surface area (Å²) in [4.78, 5) is 2.59. The molecule has 0 fully saturated rings. The van der Waals surface area contributed by atoms with E-state index in [0.717, 1.165) is 73.0 Å². The molecule has 0 spiro atoms. The second-order valence-electron chi connectivity index (χ2n) is 22.6. The summed E-state index contributed by atoms with van der Waals surface area (Å²) in [6.45, 7) is 14.4. The number of hydrogen-bond donors (Lipinski definition) is 1. The van der Waals surface area contributed by atoms with Gasteiger partial charge in [0.05, 0.1) is 21.8 Å². The lowest BCUT2D eigenvalue weighted by atomic mass is 9.54. The number of benzene rings is 6. The number of fused-ring (bicyclic) bond motifs is 6. The van der Waals surface area contributed by atoms with Crippen molar-refractivity contribution in [1.29, 1.82) is 0 Å². The van der Waals surface area contributed by atoms with Crippen LogP contribution in [-0.2, 0) is 22.7 Å². The van der Waals surface area contributed by atoms with Gasteiger partial charge >= 0.3 is 0 Å². The highest BCUT2D eigenvalue weighted by Gasteiger charge is 2.52. The first kappa shape index (κ1) is 46.0. The summed E-state index contributed by atoms with van der Waals surface area (Å²) in [6, 6.07) is 42.2. The van der Waals surface area contributed by atoms with Crippen LogP contribution in [-0.4, -0.2) is 7.85 Å². The van der Waals surface area contributed by atoms with Crippen molar-refractivity contribution in [2.75, 3.05) is 10.2 Å². The van der Waals surface area contributed by atoms with Gasteiger partial charge in [-0.1, -0.05) is 167 Å². The molecule has 2 radical (unpaired) electrons. The SMILES string of the molecule is [B]c1c(-c2c(Nc3ccc4c(c3)C(C)(C)CCC4(C)C)ccc(CCC)c2C2=C(C)CCC=C2)cc2c(sc3ccccc32)c1N1c2ccccc2C(C2C=CC=CC2)(C2C=CCCC2)c2ccccc21. The quantitative estimate of drug-likeness (QED) is 0.115. The lowest BCUT2D eigenvalue weighted by Gasteiger charge is -2.53. The largest absolute Gasteiger partial charge is 0.355 e. The van der Waals surface area contributed by atoms with E-state index in [9.17, 15) is 0 Å². The molecule has 0 amide bonds. The van der Waals surface area contributed by atoms with Gasteiger partial charge in [-0.3, -0.25) is 0 Å². The van der Waals surface area contributed by atoms with Crippen molar-refractivity contribution >= 4 is 78.8 Å². The van der Waals surface area contributed by atoms with Gasteiger partial charge in [0.1, 0.15) is 7.85 Å². The molecular weight excluding hydrogens is 876 g/mol. The first-order chi connectivity index (χ1) is 34.5. The topological polar surface area (TPSA) is 15.3 Å². The van der Waals surface area contributed by atoms with Gasteiger partial charge in [0, 0.05) is 37.8 Å². The minimum absolute atomic E-state index is 0.0799. The highest BCUT2D eigenvalue weighted by Crippen LogP contribution is 2.62. The molecule has 2 unspecified atom stereocenters. The Morgan fingerprint density at radius 3 is 2.17 bits per heavy atom. The maximum atomic E-state index is 8.25. The zero-order chi connectivity index (χ0) is 48.6. The number of aryl methyl sites for hydroxylation is 1. The Kier molecular flexibility index (Phi) is 11.6. The average molecular weight is 943 g/mol. The van der Waals surface area contributed by atoms with Gasteiger partial charge in [0.2, 0.25) is 0 Å². The zero-order valence-electron chi connectivity index (χ0n) is 42.7. The molecule has 2 atom stereocenters. The molecule has 1 N–H and O–H groups in total. The van der Waals surface area contributed by atoms with Gasteiger partial charge in [-0.05, 0) is 174 Å². The van der Waals surface area contributed by atoms with Gasteiger partial charge < -0.3 is 10.2 Å². The van der Waals surface area contributed by atoms with Gasteiger partial charge in [-0.15, -0.1) is 11.3 Å². The lowest BCUT2D eigenvalue weighted by Crippen LogP contribution is -2.47. The Morgan fingerprint density at radius 2 is 1.45 bits per heavy atom. The van der Waals surface area contributed by atoms with Gasteiger partial charge in [0.25, 0.3) is 0 Å². The van der Waals surface area contributed by atoms with Gasteiger partial charge in [-0.2, -0.15) is 0 Å². The highest BCUT2D eigenvalue weighted by molar-refractivity contribution is 7.26. The monoisotopic (exact) mass is 943 g/mol. The van der Waals surface area contributed by atoms with Crippen LogP contribution in [0.5, 0.6) is 0 Å². The minimum atomic E-state index is -0.276. The summed E-state index contributed by atoms with van der Waals surface area (Å²) in [6.07, 6.45) is 30.2. The first-order valence-corrected chi connectivity index (χ1v) is 27.5. The minimum Gasteiger partial charge on any atom is -0.355 e. The number of hydrogen-bond acceptors (Lipinski definition) is 3.